The smallest absolute Gasteiger partial charge is 0.254 e. The second-order valence-corrected chi connectivity index (χ2v) is 9.01. The predicted molar refractivity (Wildman–Crippen MR) is 124 cm³/mol. The van der Waals surface area contributed by atoms with Gasteiger partial charge >= 0.3 is 0 Å². The zero-order valence-corrected chi connectivity index (χ0v) is 19.0. The van der Waals surface area contributed by atoms with E-state index in [4.69, 9.17) is 0 Å². The van der Waals surface area contributed by atoms with Crippen LogP contribution in [0.2, 0.25) is 0 Å². The second kappa shape index (κ2) is 9.02. The molecule has 0 bridgehead atoms. The summed E-state index contributed by atoms with van der Waals surface area (Å²) >= 11 is 1.63. The van der Waals surface area contributed by atoms with E-state index in [9.17, 15) is 9.59 Å². The van der Waals surface area contributed by atoms with Crippen LogP contribution in [0.4, 0.5) is 0 Å². The summed E-state index contributed by atoms with van der Waals surface area (Å²) in [6.45, 7) is 7.03. The van der Waals surface area contributed by atoms with Gasteiger partial charge in [-0.1, -0.05) is 42.0 Å². The van der Waals surface area contributed by atoms with Crippen molar-refractivity contribution >= 4 is 23.2 Å². The number of rotatable bonds is 5. The summed E-state index contributed by atoms with van der Waals surface area (Å²) in [6.07, 6.45) is 1.55. The molecule has 0 radical (unpaired) electrons. The molecule has 0 spiro atoms. The van der Waals surface area contributed by atoms with Gasteiger partial charge < -0.3 is 10.2 Å². The van der Waals surface area contributed by atoms with Crippen molar-refractivity contribution in [3.8, 4) is 10.4 Å². The van der Waals surface area contributed by atoms with Gasteiger partial charge in [-0.05, 0) is 56.4 Å². The van der Waals surface area contributed by atoms with Crippen LogP contribution >= 0.6 is 11.3 Å². The first kappa shape index (κ1) is 21.2. The maximum atomic E-state index is 13.1. The van der Waals surface area contributed by atoms with E-state index in [2.05, 4.69) is 22.4 Å². The molecule has 1 N–H and O–H groups in total. The summed E-state index contributed by atoms with van der Waals surface area (Å²) in [5.74, 6) is -0.141. The number of nitrogens with zero attached hydrogens (tertiary/aromatic N) is 2. The number of aryl methyl sites for hydroxylation is 3. The van der Waals surface area contributed by atoms with Crippen LogP contribution in [0.5, 0.6) is 0 Å². The van der Waals surface area contributed by atoms with Crippen LogP contribution in [-0.4, -0.2) is 34.3 Å². The minimum atomic E-state index is -0.410. The highest BCUT2D eigenvalue weighted by Crippen LogP contribution is 2.27. The lowest BCUT2D eigenvalue weighted by molar-refractivity contribution is -0.125. The van der Waals surface area contributed by atoms with E-state index < -0.39 is 6.04 Å². The van der Waals surface area contributed by atoms with Gasteiger partial charge in [-0.2, -0.15) is 0 Å². The van der Waals surface area contributed by atoms with Crippen molar-refractivity contribution in [2.24, 2.45) is 0 Å². The van der Waals surface area contributed by atoms with Crippen LogP contribution in [0.1, 0.15) is 45.6 Å². The van der Waals surface area contributed by atoms with Gasteiger partial charge in [0.25, 0.3) is 5.91 Å². The fourth-order valence-electron chi connectivity index (χ4n) is 4.15. The topological polar surface area (TPSA) is 62.3 Å². The SMILES string of the molecule is Cc1ccc(C(=O)N2CCC[C@H]2C(=O)NCc2ccc(-c3scnc3C)cc2)c(C)c1. The van der Waals surface area contributed by atoms with Crippen LogP contribution in [-0.2, 0) is 11.3 Å². The lowest BCUT2D eigenvalue weighted by Gasteiger charge is -2.25. The average molecular weight is 434 g/mol. The molecule has 6 heteroatoms. The van der Waals surface area contributed by atoms with Crippen molar-refractivity contribution in [3.05, 3.63) is 75.9 Å². The van der Waals surface area contributed by atoms with Gasteiger partial charge in [0.1, 0.15) is 6.04 Å². The van der Waals surface area contributed by atoms with Crippen LogP contribution in [0, 0.1) is 20.8 Å². The van der Waals surface area contributed by atoms with Gasteiger partial charge in [-0.15, -0.1) is 11.3 Å². The fraction of sp³-hybridized carbons (Fsp3) is 0.320. The van der Waals surface area contributed by atoms with E-state index in [1.54, 1.807) is 16.2 Å². The quantitative estimate of drug-likeness (QED) is 0.637. The Hall–Kier alpha value is -2.99. The van der Waals surface area contributed by atoms with E-state index >= 15 is 0 Å². The van der Waals surface area contributed by atoms with E-state index in [1.165, 1.54) is 4.88 Å². The number of likely N-dealkylation sites (tertiary alicyclic amines) is 1. The van der Waals surface area contributed by atoms with Gasteiger partial charge in [0.2, 0.25) is 5.91 Å². The number of carbonyl (C=O) groups is 2. The third kappa shape index (κ3) is 4.54. The van der Waals surface area contributed by atoms with Gasteiger partial charge in [-0.25, -0.2) is 4.98 Å². The zero-order chi connectivity index (χ0) is 22.0. The van der Waals surface area contributed by atoms with Crippen LogP contribution in [0.15, 0.2) is 48.0 Å². The highest BCUT2D eigenvalue weighted by molar-refractivity contribution is 7.13. The van der Waals surface area contributed by atoms with Crippen molar-refractivity contribution in [1.29, 1.82) is 0 Å². The Kier molecular flexibility index (Phi) is 6.18. The Morgan fingerprint density at radius 1 is 1.13 bits per heavy atom. The molecule has 1 aromatic heterocycles. The molecule has 1 aliphatic heterocycles. The second-order valence-electron chi connectivity index (χ2n) is 8.16. The summed E-state index contributed by atoms with van der Waals surface area (Å²) in [7, 11) is 0. The molecule has 1 saturated heterocycles. The normalized spacial score (nSPS) is 15.8. The number of nitrogens with one attached hydrogen (secondary N) is 1. The predicted octanol–water partition coefficient (Wildman–Crippen LogP) is 4.66. The fourth-order valence-corrected chi connectivity index (χ4v) is 4.96. The molecule has 0 saturated carbocycles. The first-order chi connectivity index (χ1) is 14.9. The molecule has 1 atom stereocenters. The minimum absolute atomic E-state index is 0.0561. The van der Waals surface area contributed by atoms with Crippen molar-refractivity contribution in [3.63, 3.8) is 0 Å². The molecular formula is C25H27N3O2S. The number of carbonyl (C=O) groups excluding carboxylic acids is 2. The molecule has 31 heavy (non-hydrogen) atoms. The maximum absolute atomic E-state index is 13.1. The largest absolute Gasteiger partial charge is 0.350 e. The number of aromatic nitrogens is 1. The molecule has 1 fully saturated rings. The lowest BCUT2D eigenvalue weighted by atomic mass is 10.0. The summed E-state index contributed by atoms with van der Waals surface area (Å²) < 4.78 is 0. The molecule has 5 nitrogen and oxygen atoms in total. The van der Waals surface area contributed by atoms with Crippen molar-refractivity contribution in [2.75, 3.05) is 6.54 Å². The lowest BCUT2D eigenvalue weighted by Crippen LogP contribution is -2.45. The van der Waals surface area contributed by atoms with E-state index in [-0.39, 0.29) is 11.8 Å². The van der Waals surface area contributed by atoms with Gasteiger partial charge in [-0.3, -0.25) is 9.59 Å². The third-order valence-electron chi connectivity index (χ3n) is 5.86. The van der Waals surface area contributed by atoms with Gasteiger partial charge in [0.05, 0.1) is 16.1 Å². The molecule has 4 rings (SSSR count). The number of hydrogen-bond acceptors (Lipinski definition) is 4. The Morgan fingerprint density at radius 3 is 2.58 bits per heavy atom. The molecule has 3 aromatic rings. The zero-order valence-electron chi connectivity index (χ0n) is 18.1. The van der Waals surface area contributed by atoms with Crippen LogP contribution < -0.4 is 5.32 Å². The standard InChI is InChI=1S/C25H27N3O2S/c1-16-6-11-21(17(2)13-16)25(30)28-12-4-5-22(28)24(29)26-14-19-7-9-20(10-8-19)23-18(3)27-15-31-23/h6-11,13,15,22H,4-5,12,14H2,1-3H3,(H,26,29)/t22-/m0/s1. The van der Waals surface area contributed by atoms with E-state index in [0.29, 0.717) is 25.1 Å². The summed E-state index contributed by atoms with van der Waals surface area (Å²) in [5, 5.41) is 3.02. The van der Waals surface area contributed by atoms with Crippen molar-refractivity contribution < 1.29 is 9.59 Å². The third-order valence-corrected chi connectivity index (χ3v) is 6.83. The van der Waals surface area contributed by atoms with E-state index in [0.717, 1.165) is 34.4 Å². The monoisotopic (exact) mass is 433 g/mol. The molecule has 160 valence electrons. The highest BCUT2D eigenvalue weighted by Gasteiger charge is 2.34. The number of thiazole rings is 1. The Labute approximate surface area is 187 Å². The first-order valence-electron chi connectivity index (χ1n) is 10.6. The Morgan fingerprint density at radius 2 is 1.90 bits per heavy atom. The van der Waals surface area contributed by atoms with Crippen LogP contribution in [0.3, 0.4) is 0 Å². The molecule has 0 aliphatic carbocycles. The molecule has 2 amide bonds. The number of amides is 2. The first-order valence-corrected chi connectivity index (χ1v) is 11.5. The molecule has 2 aromatic carbocycles. The molecule has 2 heterocycles. The van der Waals surface area contributed by atoms with Gasteiger partial charge in [0, 0.05) is 18.7 Å². The molecular weight excluding hydrogens is 406 g/mol. The Balaban J connectivity index is 1.40. The summed E-state index contributed by atoms with van der Waals surface area (Å²) in [6, 6.07) is 13.6. The average Bonchev–Trinajstić information content (AvgIpc) is 3.41. The number of benzene rings is 2. The maximum Gasteiger partial charge on any atom is 0.254 e. The van der Waals surface area contributed by atoms with Crippen LogP contribution in [0.25, 0.3) is 10.4 Å². The minimum Gasteiger partial charge on any atom is -0.350 e. The highest BCUT2D eigenvalue weighted by atomic mass is 32.1. The Bertz CT molecular complexity index is 1100. The van der Waals surface area contributed by atoms with E-state index in [1.807, 2.05) is 56.6 Å². The molecule has 0 unspecified atom stereocenters. The number of hydrogen-bond donors (Lipinski definition) is 1. The van der Waals surface area contributed by atoms with Crippen molar-refractivity contribution in [2.45, 2.75) is 46.2 Å². The van der Waals surface area contributed by atoms with Gasteiger partial charge in [0.15, 0.2) is 0 Å². The van der Waals surface area contributed by atoms with Crippen molar-refractivity contribution in [1.82, 2.24) is 15.2 Å². The summed E-state index contributed by atoms with van der Waals surface area (Å²) in [4.78, 5) is 33.2. The molecule has 1 aliphatic rings. The summed E-state index contributed by atoms with van der Waals surface area (Å²) in [5.41, 5.74) is 7.81.